The number of nitrogens with one attached hydrogen (secondary N) is 2. The molecule has 0 saturated carbocycles. The minimum atomic E-state index is -3.52. The second-order valence-electron chi connectivity index (χ2n) is 5.01. The minimum absolute atomic E-state index is 0.0135. The van der Waals surface area contributed by atoms with Gasteiger partial charge in [-0.2, -0.15) is 0 Å². The molecular weight excluding hydrogens is 284 g/mol. The van der Waals surface area contributed by atoms with E-state index in [1.54, 1.807) is 6.07 Å². The second kappa shape index (κ2) is 5.82. The van der Waals surface area contributed by atoms with Crippen molar-refractivity contribution in [2.75, 3.05) is 20.2 Å². The third-order valence-corrected chi connectivity index (χ3v) is 4.20. The van der Waals surface area contributed by atoms with Crippen molar-refractivity contribution < 1.29 is 22.3 Å². The molecule has 0 amide bonds. The number of furan rings is 1. The molecule has 1 aromatic rings. The standard InChI is InChI=1S/C12H20N2O5S/c1-12(2)17-8-10(19-12)7-14-6-9-4-5-11(18-9)20(15,16)13-3/h4-5,10,13-14H,6-8H2,1-3H3. The largest absolute Gasteiger partial charge is 0.447 e. The lowest BCUT2D eigenvalue weighted by Crippen LogP contribution is -2.30. The van der Waals surface area contributed by atoms with Crippen LogP contribution in [0.3, 0.4) is 0 Å². The van der Waals surface area contributed by atoms with Crippen LogP contribution in [0.25, 0.3) is 0 Å². The third kappa shape index (κ3) is 3.80. The zero-order chi connectivity index (χ0) is 14.8. The van der Waals surface area contributed by atoms with Crippen LogP contribution in [0.1, 0.15) is 19.6 Å². The van der Waals surface area contributed by atoms with Crippen molar-refractivity contribution in [1.29, 1.82) is 0 Å². The van der Waals surface area contributed by atoms with Crippen molar-refractivity contribution in [2.24, 2.45) is 0 Å². The topological polar surface area (TPSA) is 89.8 Å². The van der Waals surface area contributed by atoms with E-state index in [1.165, 1.54) is 13.1 Å². The van der Waals surface area contributed by atoms with Crippen molar-refractivity contribution in [3.63, 3.8) is 0 Å². The van der Waals surface area contributed by atoms with Crippen molar-refractivity contribution >= 4 is 10.0 Å². The van der Waals surface area contributed by atoms with Crippen molar-refractivity contribution in [3.05, 3.63) is 17.9 Å². The van der Waals surface area contributed by atoms with Gasteiger partial charge in [-0.1, -0.05) is 0 Å². The molecule has 0 aliphatic carbocycles. The van der Waals surface area contributed by atoms with E-state index in [9.17, 15) is 8.42 Å². The molecule has 0 aromatic carbocycles. The Labute approximate surface area is 118 Å². The van der Waals surface area contributed by atoms with Crippen LogP contribution in [-0.4, -0.2) is 40.5 Å². The zero-order valence-corrected chi connectivity index (χ0v) is 12.6. The molecule has 2 N–H and O–H groups in total. The van der Waals surface area contributed by atoms with Crippen molar-refractivity contribution in [3.8, 4) is 0 Å². The normalized spacial score (nSPS) is 22.2. The first-order valence-electron chi connectivity index (χ1n) is 6.37. The first-order valence-corrected chi connectivity index (χ1v) is 7.85. The predicted octanol–water partition coefficient (Wildman–Crippen LogP) is 0.429. The van der Waals surface area contributed by atoms with E-state index in [1.807, 2.05) is 13.8 Å². The number of rotatable bonds is 6. The molecule has 1 atom stereocenters. The third-order valence-electron chi connectivity index (χ3n) is 2.91. The zero-order valence-electron chi connectivity index (χ0n) is 11.8. The predicted molar refractivity (Wildman–Crippen MR) is 71.6 cm³/mol. The Balaban J connectivity index is 1.81. The Morgan fingerprint density at radius 3 is 2.75 bits per heavy atom. The molecule has 1 fully saturated rings. The summed E-state index contributed by atoms with van der Waals surface area (Å²) in [4.78, 5) is 0. The summed E-state index contributed by atoms with van der Waals surface area (Å²) in [7, 11) is -2.18. The van der Waals surface area contributed by atoms with Crippen LogP contribution in [-0.2, 0) is 26.0 Å². The molecule has 2 heterocycles. The van der Waals surface area contributed by atoms with Gasteiger partial charge in [-0.15, -0.1) is 0 Å². The van der Waals surface area contributed by atoms with Gasteiger partial charge in [0.2, 0.25) is 5.09 Å². The number of sulfonamides is 1. The SMILES string of the molecule is CNS(=O)(=O)c1ccc(CNCC2COC(C)(C)O2)o1. The molecule has 2 rings (SSSR count). The molecular formula is C12H20N2O5S. The fourth-order valence-corrected chi connectivity index (χ4v) is 2.58. The maximum absolute atomic E-state index is 11.5. The summed E-state index contributed by atoms with van der Waals surface area (Å²) >= 11 is 0. The highest BCUT2D eigenvalue weighted by Crippen LogP contribution is 2.21. The fraction of sp³-hybridized carbons (Fsp3) is 0.667. The molecule has 0 spiro atoms. The van der Waals surface area contributed by atoms with Crippen LogP contribution in [0.5, 0.6) is 0 Å². The van der Waals surface area contributed by atoms with E-state index in [0.717, 1.165) is 0 Å². The summed E-state index contributed by atoms with van der Waals surface area (Å²) in [5.41, 5.74) is 0. The van der Waals surface area contributed by atoms with E-state index in [-0.39, 0.29) is 11.2 Å². The van der Waals surface area contributed by atoms with Gasteiger partial charge in [0.15, 0.2) is 5.79 Å². The maximum atomic E-state index is 11.5. The molecule has 1 unspecified atom stereocenters. The lowest BCUT2D eigenvalue weighted by atomic mass is 10.3. The van der Waals surface area contributed by atoms with Gasteiger partial charge in [0, 0.05) is 6.54 Å². The van der Waals surface area contributed by atoms with E-state index < -0.39 is 15.8 Å². The van der Waals surface area contributed by atoms with Gasteiger partial charge in [0.1, 0.15) is 5.76 Å². The van der Waals surface area contributed by atoms with Crippen molar-refractivity contribution in [2.45, 2.75) is 37.4 Å². The number of hydrogen-bond acceptors (Lipinski definition) is 6. The second-order valence-corrected chi connectivity index (χ2v) is 6.83. The lowest BCUT2D eigenvalue weighted by molar-refractivity contribution is -0.137. The van der Waals surface area contributed by atoms with Gasteiger partial charge in [0.25, 0.3) is 10.0 Å². The minimum Gasteiger partial charge on any atom is -0.447 e. The Kier molecular flexibility index (Phi) is 4.50. The van der Waals surface area contributed by atoms with Crippen LogP contribution in [0.4, 0.5) is 0 Å². The molecule has 0 bridgehead atoms. The summed E-state index contributed by atoms with van der Waals surface area (Å²) in [5, 5.41) is 3.07. The summed E-state index contributed by atoms with van der Waals surface area (Å²) in [6.45, 7) is 5.32. The monoisotopic (exact) mass is 304 g/mol. The maximum Gasteiger partial charge on any atom is 0.273 e. The van der Waals surface area contributed by atoms with Crippen LogP contribution < -0.4 is 10.0 Å². The molecule has 1 saturated heterocycles. The molecule has 0 radical (unpaired) electrons. The molecule has 114 valence electrons. The van der Waals surface area contributed by atoms with Crippen molar-refractivity contribution in [1.82, 2.24) is 10.0 Å². The summed E-state index contributed by atoms with van der Waals surface area (Å²) in [6.07, 6.45) is -0.0135. The van der Waals surface area contributed by atoms with Gasteiger partial charge in [-0.3, -0.25) is 0 Å². The molecule has 20 heavy (non-hydrogen) atoms. The molecule has 1 aromatic heterocycles. The van der Waals surface area contributed by atoms with Gasteiger partial charge in [0.05, 0.1) is 19.3 Å². The highest BCUT2D eigenvalue weighted by molar-refractivity contribution is 7.89. The highest BCUT2D eigenvalue weighted by atomic mass is 32.2. The van der Waals surface area contributed by atoms with E-state index in [2.05, 4.69) is 10.0 Å². The molecule has 1 aliphatic rings. The molecule has 8 heteroatoms. The van der Waals surface area contributed by atoms with Crippen LogP contribution >= 0.6 is 0 Å². The fourth-order valence-electron chi connectivity index (χ4n) is 1.92. The van der Waals surface area contributed by atoms with Gasteiger partial charge in [-0.05, 0) is 33.0 Å². The first kappa shape index (κ1) is 15.5. The quantitative estimate of drug-likeness (QED) is 0.792. The number of ether oxygens (including phenoxy) is 2. The molecule has 1 aliphatic heterocycles. The average Bonchev–Trinajstić information content (AvgIpc) is 2.97. The van der Waals surface area contributed by atoms with Crippen LogP contribution in [0, 0.1) is 0 Å². The highest BCUT2D eigenvalue weighted by Gasteiger charge is 2.32. The van der Waals surface area contributed by atoms with Gasteiger partial charge >= 0.3 is 0 Å². The smallest absolute Gasteiger partial charge is 0.273 e. The summed E-state index contributed by atoms with van der Waals surface area (Å²) < 4.78 is 41.6. The Bertz CT molecular complexity index is 552. The summed E-state index contributed by atoms with van der Waals surface area (Å²) in [6, 6.07) is 3.06. The van der Waals surface area contributed by atoms with Crippen LogP contribution in [0.15, 0.2) is 21.6 Å². The molecule has 7 nitrogen and oxygen atoms in total. The average molecular weight is 304 g/mol. The number of hydrogen-bond donors (Lipinski definition) is 2. The Morgan fingerprint density at radius 2 is 2.15 bits per heavy atom. The van der Waals surface area contributed by atoms with Gasteiger partial charge < -0.3 is 19.2 Å². The van der Waals surface area contributed by atoms with E-state index in [0.29, 0.717) is 25.5 Å². The van der Waals surface area contributed by atoms with Crippen LogP contribution in [0.2, 0.25) is 0 Å². The van der Waals surface area contributed by atoms with E-state index in [4.69, 9.17) is 13.9 Å². The first-order chi connectivity index (χ1) is 9.32. The Morgan fingerprint density at radius 1 is 1.40 bits per heavy atom. The Hall–Kier alpha value is -0.930. The van der Waals surface area contributed by atoms with E-state index >= 15 is 0 Å². The summed E-state index contributed by atoms with van der Waals surface area (Å²) in [5.74, 6) is 0.0161. The van der Waals surface area contributed by atoms with Gasteiger partial charge in [-0.25, -0.2) is 13.1 Å². The lowest BCUT2D eigenvalue weighted by Gasteiger charge is -2.17.